The van der Waals surface area contributed by atoms with Gasteiger partial charge in [0, 0.05) is 35.1 Å². The summed E-state index contributed by atoms with van der Waals surface area (Å²) in [6.45, 7) is 3.98. The maximum atomic E-state index is 12.9. The van der Waals surface area contributed by atoms with Crippen LogP contribution in [0.25, 0.3) is 10.9 Å². The highest BCUT2D eigenvalue weighted by Gasteiger charge is 2.40. The Balaban J connectivity index is 1.44. The van der Waals surface area contributed by atoms with Crippen molar-refractivity contribution in [2.75, 3.05) is 0 Å². The minimum Gasteiger partial charge on any atom is -0.358 e. The number of carbonyl (C=O) groups excluding carboxylic acids is 3. The highest BCUT2D eigenvalue weighted by atomic mass is 16.2. The number of carbonyl (C=O) groups is 3. The maximum Gasteiger partial charge on any atom is 0.292 e. The average molecular weight is 396 g/mol. The van der Waals surface area contributed by atoms with Crippen molar-refractivity contribution in [1.82, 2.24) is 15.6 Å². The molecule has 6 heteroatoms. The van der Waals surface area contributed by atoms with Gasteiger partial charge in [-0.3, -0.25) is 14.4 Å². The number of para-hydroxylation sites is 1. The van der Waals surface area contributed by atoms with Crippen LogP contribution in [0.3, 0.4) is 0 Å². The molecule has 3 N–H and O–H groups in total. The van der Waals surface area contributed by atoms with Gasteiger partial charge in [0.05, 0.1) is 5.56 Å². The van der Waals surface area contributed by atoms with Crippen LogP contribution in [0.5, 0.6) is 0 Å². The number of benzene rings is 1. The van der Waals surface area contributed by atoms with E-state index in [1.807, 2.05) is 31.2 Å². The number of amides is 2. The van der Waals surface area contributed by atoms with Crippen LogP contribution in [0.4, 0.5) is 0 Å². The van der Waals surface area contributed by atoms with E-state index in [4.69, 9.17) is 0 Å². The van der Waals surface area contributed by atoms with Crippen molar-refractivity contribution in [3.05, 3.63) is 35.5 Å². The van der Waals surface area contributed by atoms with E-state index in [1.165, 1.54) is 0 Å². The van der Waals surface area contributed by atoms with E-state index in [0.29, 0.717) is 35.9 Å². The molecule has 1 aliphatic heterocycles. The van der Waals surface area contributed by atoms with E-state index in [0.717, 1.165) is 36.6 Å². The molecule has 6 nitrogen and oxygen atoms in total. The molecule has 2 heterocycles. The molecule has 2 aliphatic rings. The Bertz CT molecular complexity index is 948. The molecule has 1 saturated heterocycles. The van der Waals surface area contributed by atoms with Gasteiger partial charge in [-0.2, -0.15) is 0 Å². The Morgan fingerprint density at radius 2 is 2.00 bits per heavy atom. The zero-order chi connectivity index (χ0) is 20.5. The van der Waals surface area contributed by atoms with Crippen LogP contribution in [0, 0.1) is 18.8 Å². The topological polar surface area (TPSA) is 91.1 Å². The molecule has 0 radical (unpaired) electrons. The van der Waals surface area contributed by atoms with Crippen LogP contribution in [-0.2, 0) is 9.59 Å². The molecule has 1 aromatic heterocycles. The van der Waals surface area contributed by atoms with Gasteiger partial charge in [0.15, 0.2) is 0 Å². The smallest absolute Gasteiger partial charge is 0.292 e. The minimum atomic E-state index is -0.562. The van der Waals surface area contributed by atoms with Gasteiger partial charge < -0.3 is 15.6 Å². The number of Topliss-reactive ketones (excluding diaryl/α,β-unsaturated/α-hetero) is 1. The second-order valence-electron chi connectivity index (χ2n) is 8.57. The standard InChI is InChI=1S/C23H29N3O3/c1-3-6-14-11-20(27)26-19-12-15(9-10-16(14)19)25-23(29)22(28)21-13(2)24-18-8-5-4-7-17(18)21/h4-5,7-8,14-16,19,24H,3,6,9-12H2,1-2H3,(H,25,29)(H,26,27). The lowest BCUT2D eigenvalue weighted by atomic mass is 9.70. The highest BCUT2D eigenvalue weighted by Crippen LogP contribution is 2.37. The third kappa shape index (κ3) is 3.80. The van der Waals surface area contributed by atoms with Crippen molar-refractivity contribution < 1.29 is 14.4 Å². The predicted molar refractivity (Wildman–Crippen MR) is 112 cm³/mol. The molecule has 1 aromatic carbocycles. The highest BCUT2D eigenvalue weighted by molar-refractivity contribution is 6.45. The number of aryl methyl sites for hydroxylation is 1. The summed E-state index contributed by atoms with van der Waals surface area (Å²) in [5.41, 5.74) is 2.01. The van der Waals surface area contributed by atoms with Crippen molar-refractivity contribution in [3.8, 4) is 0 Å². The second kappa shape index (κ2) is 8.01. The van der Waals surface area contributed by atoms with E-state index in [-0.39, 0.29) is 18.0 Å². The van der Waals surface area contributed by atoms with Gasteiger partial charge in [0.1, 0.15) is 0 Å². The molecule has 1 saturated carbocycles. The van der Waals surface area contributed by atoms with E-state index in [9.17, 15) is 14.4 Å². The Morgan fingerprint density at radius 3 is 2.79 bits per heavy atom. The van der Waals surface area contributed by atoms with Crippen molar-refractivity contribution in [1.29, 1.82) is 0 Å². The van der Waals surface area contributed by atoms with Crippen molar-refractivity contribution in [3.63, 3.8) is 0 Å². The molecular formula is C23H29N3O3. The summed E-state index contributed by atoms with van der Waals surface area (Å²) in [4.78, 5) is 40.9. The number of piperidine rings is 1. The van der Waals surface area contributed by atoms with E-state index in [2.05, 4.69) is 22.5 Å². The lowest BCUT2D eigenvalue weighted by Crippen LogP contribution is -2.55. The molecule has 29 heavy (non-hydrogen) atoms. The number of ketones is 1. The first kappa shape index (κ1) is 19.7. The van der Waals surface area contributed by atoms with Crippen LogP contribution in [-0.4, -0.2) is 34.7 Å². The zero-order valence-electron chi connectivity index (χ0n) is 17.1. The van der Waals surface area contributed by atoms with Crippen molar-refractivity contribution in [2.45, 2.75) is 64.5 Å². The Kier molecular flexibility index (Phi) is 5.43. The average Bonchev–Trinajstić information content (AvgIpc) is 3.02. The van der Waals surface area contributed by atoms with Crippen LogP contribution >= 0.6 is 0 Å². The number of aromatic nitrogens is 1. The fourth-order valence-electron chi connectivity index (χ4n) is 5.33. The summed E-state index contributed by atoms with van der Waals surface area (Å²) < 4.78 is 0. The van der Waals surface area contributed by atoms with Crippen molar-refractivity contribution >= 4 is 28.5 Å². The normalized spacial score (nSPS) is 26.6. The molecule has 0 bridgehead atoms. The van der Waals surface area contributed by atoms with Gasteiger partial charge >= 0.3 is 0 Å². The van der Waals surface area contributed by atoms with Gasteiger partial charge in [0.25, 0.3) is 11.7 Å². The number of hydrogen-bond acceptors (Lipinski definition) is 3. The van der Waals surface area contributed by atoms with Crippen LogP contribution in [0.15, 0.2) is 24.3 Å². The lowest BCUT2D eigenvalue weighted by Gasteiger charge is -2.44. The number of H-pyrrole nitrogens is 1. The van der Waals surface area contributed by atoms with Gasteiger partial charge in [-0.15, -0.1) is 0 Å². The Morgan fingerprint density at radius 1 is 1.21 bits per heavy atom. The molecule has 2 amide bonds. The fourth-order valence-corrected chi connectivity index (χ4v) is 5.33. The molecular weight excluding hydrogens is 366 g/mol. The van der Waals surface area contributed by atoms with Gasteiger partial charge in [0.2, 0.25) is 5.91 Å². The zero-order valence-corrected chi connectivity index (χ0v) is 17.1. The van der Waals surface area contributed by atoms with Crippen LogP contribution in [0.1, 0.15) is 61.5 Å². The van der Waals surface area contributed by atoms with Crippen molar-refractivity contribution in [2.24, 2.45) is 11.8 Å². The third-order valence-electron chi connectivity index (χ3n) is 6.62. The summed E-state index contributed by atoms with van der Waals surface area (Å²) in [5.74, 6) is -0.0346. The number of nitrogens with one attached hydrogen (secondary N) is 3. The first-order chi connectivity index (χ1) is 14.0. The number of aromatic amines is 1. The number of fused-ring (bicyclic) bond motifs is 2. The molecule has 4 rings (SSSR count). The molecule has 2 aromatic rings. The first-order valence-corrected chi connectivity index (χ1v) is 10.7. The molecule has 4 unspecified atom stereocenters. The summed E-state index contributed by atoms with van der Waals surface area (Å²) in [6, 6.07) is 7.53. The SMILES string of the molecule is CCCC1CC(=O)NC2CC(NC(=O)C(=O)c3c(C)[nH]c4ccccc34)CCC12. The lowest BCUT2D eigenvalue weighted by molar-refractivity contribution is -0.127. The summed E-state index contributed by atoms with van der Waals surface area (Å²) in [5, 5.41) is 6.83. The quantitative estimate of drug-likeness (QED) is 0.536. The van der Waals surface area contributed by atoms with E-state index >= 15 is 0 Å². The summed E-state index contributed by atoms with van der Waals surface area (Å²) >= 11 is 0. The largest absolute Gasteiger partial charge is 0.358 e. The predicted octanol–water partition coefficient (Wildman–Crippen LogP) is 3.25. The minimum absolute atomic E-state index is 0.0844. The molecule has 1 aliphatic carbocycles. The number of rotatable bonds is 5. The van der Waals surface area contributed by atoms with Crippen LogP contribution in [0.2, 0.25) is 0 Å². The molecule has 0 spiro atoms. The third-order valence-corrected chi connectivity index (χ3v) is 6.62. The molecule has 2 fully saturated rings. The van der Waals surface area contributed by atoms with Gasteiger partial charge in [-0.05, 0) is 50.5 Å². The van der Waals surface area contributed by atoms with Crippen LogP contribution < -0.4 is 10.6 Å². The van der Waals surface area contributed by atoms with Gasteiger partial charge in [-0.25, -0.2) is 0 Å². The van der Waals surface area contributed by atoms with Gasteiger partial charge in [-0.1, -0.05) is 31.5 Å². The monoisotopic (exact) mass is 395 g/mol. The Labute approximate surface area is 170 Å². The van der Waals surface area contributed by atoms with E-state index < -0.39 is 11.7 Å². The fraction of sp³-hybridized carbons (Fsp3) is 0.522. The Hall–Kier alpha value is -2.63. The summed E-state index contributed by atoms with van der Waals surface area (Å²) in [7, 11) is 0. The summed E-state index contributed by atoms with van der Waals surface area (Å²) in [6.07, 6.45) is 5.29. The first-order valence-electron chi connectivity index (χ1n) is 10.7. The second-order valence-corrected chi connectivity index (χ2v) is 8.57. The molecule has 154 valence electrons. The van der Waals surface area contributed by atoms with E-state index in [1.54, 1.807) is 0 Å². The number of hydrogen-bond donors (Lipinski definition) is 3. The molecule has 4 atom stereocenters. The maximum absolute atomic E-state index is 12.9.